The number of piperidine rings is 1. The average molecular weight is 450 g/mol. The molecule has 2 aliphatic heterocycles. The molecule has 176 valence electrons. The maximum Gasteiger partial charge on any atom is 0.251 e. The number of rotatable bonds is 6. The summed E-state index contributed by atoms with van der Waals surface area (Å²) in [5.74, 6) is 0.0719. The fraction of sp³-hybridized carbons (Fsp3) is 0.519. The van der Waals surface area contributed by atoms with E-state index < -0.39 is 5.41 Å². The molecule has 2 saturated heterocycles. The Morgan fingerprint density at radius 2 is 1.94 bits per heavy atom. The number of likely N-dealkylation sites (tertiary alicyclic amines) is 1. The first-order chi connectivity index (χ1) is 16.0. The highest BCUT2D eigenvalue weighted by Crippen LogP contribution is 2.38. The zero-order valence-electron chi connectivity index (χ0n) is 19.8. The zero-order chi connectivity index (χ0) is 23.3. The predicted molar refractivity (Wildman–Crippen MR) is 128 cm³/mol. The molecule has 1 N–H and O–H groups in total. The Labute approximate surface area is 196 Å². The molecular formula is C27H35N3O3. The molecule has 2 unspecified atom stereocenters. The largest absolute Gasteiger partial charge is 0.368 e. The van der Waals surface area contributed by atoms with E-state index >= 15 is 0 Å². The second kappa shape index (κ2) is 10.5. The second-order valence-electron chi connectivity index (χ2n) is 9.70. The number of pyridine rings is 1. The Bertz CT molecular complexity index is 956. The molecule has 0 saturated carbocycles. The van der Waals surface area contributed by atoms with E-state index in [2.05, 4.69) is 22.4 Å². The standard InChI is InChI=1S/C27H35N3O3/c1-20(2)29-26(32)27(13-7-16-30(19-27)25(31)24-10-5-6-17-33-24)18-22-8-3-4-9-23(22)21-11-14-28-15-12-21/h3-4,8-9,11-12,14-15,20,24H,5-7,10,13,16-19H2,1-2H3,(H,29,32). The van der Waals surface area contributed by atoms with Gasteiger partial charge in [0.1, 0.15) is 6.10 Å². The molecule has 33 heavy (non-hydrogen) atoms. The van der Waals surface area contributed by atoms with E-state index in [1.807, 2.05) is 43.0 Å². The molecule has 0 bridgehead atoms. The summed E-state index contributed by atoms with van der Waals surface area (Å²) in [7, 11) is 0. The van der Waals surface area contributed by atoms with Crippen LogP contribution >= 0.6 is 0 Å². The molecule has 2 fully saturated rings. The van der Waals surface area contributed by atoms with Gasteiger partial charge in [-0.1, -0.05) is 24.3 Å². The minimum Gasteiger partial charge on any atom is -0.368 e. The summed E-state index contributed by atoms with van der Waals surface area (Å²) in [5, 5.41) is 3.15. The molecule has 6 nitrogen and oxygen atoms in total. The highest BCUT2D eigenvalue weighted by molar-refractivity contribution is 5.86. The van der Waals surface area contributed by atoms with Gasteiger partial charge in [0.05, 0.1) is 5.41 Å². The molecule has 6 heteroatoms. The molecule has 0 spiro atoms. The van der Waals surface area contributed by atoms with Gasteiger partial charge in [0.25, 0.3) is 5.91 Å². The van der Waals surface area contributed by atoms with Crippen LogP contribution in [0.25, 0.3) is 11.1 Å². The summed E-state index contributed by atoms with van der Waals surface area (Å²) in [5.41, 5.74) is 2.64. The molecule has 0 aliphatic carbocycles. The maximum atomic E-state index is 13.6. The van der Waals surface area contributed by atoms with Crippen LogP contribution in [0.4, 0.5) is 0 Å². The number of benzene rings is 1. The van der Waals surface area contributed by atoms with Gasteiger partial charge >= 0.3 is 0 Å². The average Bonchev–Trinajstić information content (AvgIpc) is 2.85. The minimum atomic E-state index is -0.671. The quantitative estimate of drug-likeness (QED) is 0.724. The topological polar surface area (TPSA) is 71.5 Å². The lowest BCUT2D eigenvalue weighted by Gasteiger charge is -2.43. The summed E-state index contributed by atoms with van der Waals surface area (Å²) in [6, 6.07) is 12.3. The van der Waals surface area contributed by atoms with Crippen LogP contribution in [0.3, 0.4) is 0 Å². The number of nitrogens with one attached hydrogen (secondary N) is 1. The number of hydrogen-bond donors (Lipinski definition) is 1. The summed E-state index contributed by atoms with van der Waals surface area (Å²) in [4.78, 5) is 33.0. The van der Waals surface area contributed by atoms with E-state index in [4.69, 9.17) is 4.74 Å². The van der Waals surface area contributed by atoms with Crippen LogP contribution in [0, 0.1) is 5.41 Å². The van der Waals surface area contributed by atoms with Gasteiger partial charge in [-0.2, -0.15) is 0 Å². The van der Waals surface area contributed by atoms with Gasteiger partial charge in [-0.15, -0.1) is 0 Å². The zero-order valence-corrected chi connectivity index (χ0v) is 19.8. The van der Waals surface area contributed by atoms with Gasteiger partial charge in [0, 0.05) is 38.1 Å². The monoisotopic (exact) mass is 449 g/mol. The summed E-state index contributed by atoms with van der Waals surface area (Å²) in [6.45, 7) is 5.72. The maximum absolute atomic E-state index is 13.6. The molecule has 1 aromatic carbocycles. The first-order valence-corrected chi connectivity index (χ1v) is 12.2. The SMILES string of the molecule is CC(C)NC(=O)C1(Cc2ccccc2-c2ccncc2)CCCN(C(=O)C2CCCCO2)C1. The number of carbonyl (C=O) groups excluding carboxylic acids is 2. The van der Waals surface area contributed by atoms with Crippen molar-refractivity contribution >= 4 is 11.8 Å². The molecular weight excluding hydrogens is 414 g/mol. The Morgan fingerprint density at radius 3 is 2.67 bits per heavy atom. The molecule has 2 amide bonds. The summed E-state index contributed by atoms with van der Waals surface area (Å²) in [6.07, 6.45) is 8.15. The molecule has 1 aromatic heterocycles. The first-order valence-electron chi connectivity index (χ1n) is 12.2. The van der Waals surface area contributed by atoms with Crippen molar-refractivity contribution in [3.05, 3.63) is 54.4 Å². The second-order valence-corrected chi connectivity index (χ2v) is 9.70. The van der Waals surface area contributed by atoms with Crippen LogP contribution in [0.2, 0.25) is 0 Å². The lowest BCUT2D eigenvalue weighted by molar-refractivity contribution is -0.152. The van der Waals surface area contributed by atoms with E-state index in [0.717, 1.165) is 48.8 Å². The lowest BCUT2D eigenvalue weighted by Crippen LogP contribution is -2.57. The lowest BCUT2D eigenvalue weighted by atomic mass is 9.73. The van der Waals surface area contributed by atoms with Gasteiger partial charge in [0.2, 0.25) is 5.91 Å². The van der Waals surface area contributed by atoms with E-state index in [-0.39, 0.29) is 24.0 Å². The smallest absolute Gasteiger partial charge is 0.251 e. The Balaban J connectivity index is 1.64. The highest BCUT2D eigenvalue weighted by Gasteiger charge is 2.45. The van der Waals surface area contributed by atoms with Crippen molar-refractivity contribution in [1.29, 1.82) is 0 Å². The molecule has 2 aliphatic rings. The Hall–Kier alpha value is -2.73. The normalized spacial score (nSPS) is 23.4. The van der Waals surface area contributed by atoms with E-state index in [0.29, 0.717) is 26.1 Å². The molecule has 2 atom stereocenters. The third-order valence-electron chi connectivity index (χ3n) is 6.78. The van der Waals surface area contributed by atoms with Crippen molar-refractivity contribution in [2.45, 2.75) is 64.5 Å². The van der Waals surface area contributed by atoms with Crippen molar-refractivity contribution in [2.24, 2.45) is 5.41 Å². The van der Waals surface area contributed by atoms with Crippen molar-refractivity contribution < 1.29 is 14.3 Å². The van der Waals surface area contributed by atoms with Gasteiger partial charge < -0.3 is 15.0 Å². The number of aromatic nitrogens is 1. The molecule has 4 rings (SSSR count). The van der Waals surface area contributed by atoms with Gasteiger partial charge in [-0.25, -0.2) is 0 Å². The van der Waals surface area contributed by atoms with E-state index in [1.54, 1.807) is 12.4 Å². The fourth-order valence-corrected chi connectivity index (χ4v) is 5.14. The number of ether oxygens (including phenoxy) is 1. The van der Waals surface area contributed by atoms with Crippen LogP contribution in [0.5, 0.6) is 0 Å². The highest BCUT2D eigenvalue weighted by atomic mass is 16.5. The minimum absolute atomic E-state index is 0.0316. The number of amides is 2. The Morgan fingerprint density at radius 1 is 1.15 bits per heavy atom. The van der Waals surface area contributed by atoms with Gasteiger partial charge in [-0.05, 0) is 81.2 Å². The van der Waals surface area contributed by atoms with Gasteiger partial charge in [0.15, 0.2) is 0 Å². The van der Waals surface area contributed by atoms with Crippen LogP contribution < -0.4 is 5.32 Å². The third-order valence-corrected chi connectivity index (χ3v) is 6.78. The molecule has 0 radical (unpaired) electrons. The van der Waals surface area contributed by atoms with Crippen LogP contribution in [0.15, 0.2) is 48.8 Å². The molecule has 2 aromatic rings. The van der Waals surface area contributed by atoms with Crippen LogP contribution in [-0.4, -0.2) is 53.5 Å². The first kappa shape index (κ1) is 23.4. The van der Waals surface area contributed by atoms with E-state index in [1.165, 1.54) is 0 Å². The van der Waals surface area contributed by atoms with Crippen LogP contribution in [0.1, 0.15) is 51.5 Å². The summed E-state index contributed by atoms with van der Waals surface area (Å²) >= 11 is 0. The number of hydrogen-bond acceptors (Lipinski definition) is 4. The van der Waals surface area contributed by atoms with Crippen molar-refractivity contribution in [3.63, 3.8) is 0 Å². The van der Waals surface area contributed by atoms with Crippen molar-refractivity contribution in [2.75, 3.05) is 19.7 Å². The Kier molecular flexibility index (Phi) is 7.43. The summed E-state index contributed by atoms with van der Waals surface area (Å²) < 4.78 is 5.78. The predicted octanol–water partition coefficient (Wildman–Crippen LogP) is 3.99. The number of carbonyl (C=O) groups is 2. The fourth-order valence-electron chi connectivity index (χ4n) is 5.14. The van der Waals surface area contributed by atoms with E-state index in [9.17, 15) is 9.59 Å². The third kappa shape index (κ3) is 5.44. The van der Waals surface area contributed by atoms with Gasteiger partial charge in [-0.3, -0.25) is 14.6 Å². The van der Waals surface area contributed by atoms with Crippen molar-refractivity contribution in [1.82, 2.24) is 15.2 Å². The van der Waals surface area contributed by atoms with Crippen LogP contribution in [-0.2, 0) is 20.7 Å². The molecule has 3 heterocycles. The van der Waals surface area contributed by atoms with Crippen molar-refractivity contribution in [3.8, 4) is 11.1 Å². The number of nitrogens with zero attached hydrogens (tertiary/aromatic N) is 2.